The molecule has 0 unspecified atom stereocenters. The van der Waals surface area contributed by atoms with E-state index in [1.165, 1.54) is 0 Å². The summed E-state index contributed by atoms with van der Waals surface area (Å²) in [6.45, 7) is 9.92. The second-order valence-corrected chi connectivity index (χ2v) is 4.89. The molecule has 0 saturated heterocycles. The van der Waals surface area contributed by atoms with Crippen molar-refractivity contribution in [2.24, 2.45) is 5.41 Å². The molecule has 3 nitrogen and oxygen atoms in total. The molecular formula is C10H23NO2. The summed E-state index contributed by atoms with van der Waals surface area (Å²) in [5.74, 6) is 0. The van der Waals surface area contributed by atoms with Crippen LogP contribution in [-0.4, -0.2) is 37.5 Å². The molecule has 0 spiro atoms. The zero-order chi connectivity index (χ0) is 10.5. The lowest BCUT2D eigenvalue weighted by molar-refractivity contribution is 0.0202. The maximum atomic E-state index is 9.01. The summed E-state index contributed by atoms with van der Waals surface area (Å²) in [5, 5.41) is 12.3. The second kappa shape index (κ2) is 4.94. The van der Waals surface area contributed by atoms with Crippen LogP contribution in [0.15, 0.2) is 0 Å². The summed E-state index contributed by atoms with van der Waals surface area (Å²) in [5.41, 5.74) is -0.185. The number of rotatable bonds is 6. The maximum absolute atomic E-state index is 9.01. The van der Waals surface area contributed by atoms with E-state index in [9.17, 15) is 0 Å². The summed E-state index contributed by atoms with van der Waals surface area (Å²) >= 11 is 0. The molecule has 0 saturated carbocycles. The molecule has 0 bridgehead atoms. The standard InChI is InChI=1S/C10H23NO2/c1-9(2,8-12)6-11-7-10(3,4)13-5/h11-12H,6-8H2,1-5H3. The molecule has 0 radical (unpaired) electrons. The minimum Gasteiger partial charge on any atom is -0.396 e. The fourth-order valence-electron chi connectivity index (χ4n) is 0.830. The van der Waals surface area contributed by atoms with Gasteiger partial charge in [-0.1, -0.05) is 13.8 Å². The Balaban J connectivity index is 3.68. The van der Waals surface area contributed by atoms with E-state index in [2.05, 4.69) is 5.32 Å². The third kappa shape index (κ3) is 6.02. The molecule has 0 rings (SSSR count). The molecule has 0 amide bonds. The fraction of sp³-hybridized carbons (Fsp3) is 1.00. The predicted molar refractivity (Wildman–Crippen MR) is 54.8 cm³/mol. The molecule has 0 aliphatic carbocycles. The summed E-state index contributed by atoms with van der Waals surface area (Å²) in [7, 11) is 1.71. The largest absolute Gasteiger partial charge is 0.396 e. The van der Waals surface area contributed by atoms with Crippen LogP contribution >= 0.6 is 0 Å². The minimum absolute atomic E-state index is 0.0518. The van der Waals surface area contributed by atoms with Crippen LogP contribution in [-0.2, 0) is 4.74 Å². The molecule has 3 heteroatoms. The highest BCUT2D eigenvalue weighted by molar-refractivity contribution is 4.75. The molecule has 2 N–H and O–H groups in total. The fourth-order valence-corrected chi connectivity index (χ4v) is 0.830. The van der Waals surface area contributed by atoms with Crippen LogP contribution in [0.2, 0.25) is 0 Å². The van der Waals surface area contributed by atoms with Crippen molar-refractivity contribution in [3.63, 3.8) is 0 Å². The second-order valence-electron chi connectivity index (χ2n) is 4.89. The number of hydrogen-bond donors (Lipinski definition) is 2. The molecule has 0 aliphatic rings. The van der Waals surface area contributed by atoms with Crippen LogP contribution in [0.3, 0.4) is 0 Å². The Labute approximate surface area is 81.5 Å². The van der Waals surface area contributed by atoms with Crippen LogP contribution < -0.4 is 5.32 Å². The normalized spacial score (nSPS) is 13.4. The molecule has 0 fully saturated rings. The van der Waals surface area contributed by atoms with Gasteiger partial charge in [0.05, 0.1) is 5.60 Å². The third-order valence-corrected chi connectivity index (χ3v) is 2.13. The molecule has 0 atom stereocenters. The average Bonchev–Trinajstić information content (AvgIpc) is 2.04. The third-order valence-electron chi connectivity index (χ3n) is 2.13. The van der Waals surface area contributed by atoms with E-state index in [0.29, 0.717) is 0 Å². The van der Waals surface area contributed by atoms with Gasteiger partial charge in [-0.25, -0.2) is 0 Å². The Morgan fingerprint density at radius 1 is 1.15 bits per heavy atom. The van der Waals surface area contributed by atoms with Gasteiger partial charge in [-0.2, -0.15) is 0 Å². The molecular weight excluding hydrogens is 166 g/mol. The summed E-state index contributed by atoms with van der Waals surface area (Å²) < 4.78 is 5.26. The van der Waals surface area contributed by atoms with Crippen molar-refractivity contribution in [2.45, 2.75) is 33.3 Å². The van der Waals surface area contributed by atoms with E-state index >= 15 is 0 Å². The van der Waals surface area contributed by atoms with E-state index in [0.717, 1.165) is 13.1 Å². The van der Waals surface area contributed by atoms with Gasteiger partial charge in [-0.15, -0.1) is 0 Å². The van der Waals surface area contributed by atoms with E-state index in [1.54, 1.807) is 7.11 Å². The van der Waals surface area contributed by atoms with Gasteiger partial charge in [0, 0.05) is 32.2 Å². The van der Waals surface area contributed by atoms with Crippen molar-refractivity contribution in [3.8, 4) is 0 Å². The van der Waals surface area contributed by atoms with Crippen molar-refractivity contribution in [1.29, 1.82) is 0 Å². The van der Waals surface area contributed by atoms with Crippen LogP contribution in [0, 0.1) is 5.41 Å². The minimum atomic E-state index is -0.133. The van der Waals surface area contributed by atoms with Gasteiger partial charge in [0.25, 0.3) is 0 Å². The number of methoxy groups -OCH3 is 1. The highest BCUT2D eigenvalue weighted by Gasteiger charge is 2.19. The maximum Gasteiger partial charge on any atom is 0.0746 e. The van der Waals surface area contributed by atoms with Crippen LogP contribution in [0.25, 0.3) is 0 Å². The van der Waals surface area contributed by atoms with Crippen molar-refractivity contribution in [2.75, 3.05) is 26.8 Å². The van der Waals surface area contributed by atoms with Crippen molar-refractivity contribution in [1.82, 2.24) is 5.32 Å². The van der Waals surface area contributed by atoms with Gasteiger partial charge in [-0.3, -0.25) is 0 Å². The highest BCUT2D eigenvalue weighted by atomic mass is 16.5. The first-order valence-electron chi connectivity index (χ1n) is 4.70. The monoisotopic (exact) mass is 189 g/mol. The zero-order valence-electron chi connectivity index (χ0n) is 9.48. The van der Waals surface area contributed by atoms with Crippen LogP contribution in [0.5, 0.6) is 0 Å². The molecule has 0 aromatic rings. The SMILES string of the molecule is COC(C)(C)CNCC(C)(C)CO. The first kappa shape index (κ1) is 12.9. The number of aliphatic hydroxyl groups is 1. The molecule has 0 heterocycles. The smallest absolute Gasteiger partial charge is 0.0746 e. The molecule has 80 valence electrons. The van der Waals surface area contributed by atoms with Crippen molar-refractivity contribution in [3.05, 3.63) is 0 Å². The predicted octanol–water partition coefficient (Wildman–Crippen LogP) is 1.02. The Morgan fingerprint density at radius 2 is 1.69 bits per heavy atom. The number of aliphatic hydroxyl groups excluding tert-OH is 1. The van der Waals surface area contributed by atoms with Gasteiger partial charge >= 0.3 is 0 Å². The summed E-state index contributed by atoms with van der Waals surface area (Å²) in [6, 6.07) is 0. The van der Waals surface area contributed by atoms with Crippen molar-refractivity contribution >= 4 is 0 Å². The Bertz CT molecular complexity index is 128. The van der Waals surface area contributed by atoms with Gasteiger partial charge in [-0.05, 0) is 13.8 Å². The van der Waals surface area contributed by atoms with E-state index in [4.69, 9.17) is 9.84 Å². The number of ether oxygens (including phenoxy) is 1. The lowest BCUT2D eigenvalue weighted by Gasteiger charge is -2.27. The van der Waals surface area contributed by atoms with Gasteiger partial charge < -0.3 is 15.2 Å². The lowest BCUT2D eigenvalue weighted by atomic mass is 9.94. The van der Waals surface area contributed by atoms with Gasteiger partial charge in [0.15, 0.2) is 0 Å². The zero-order valence-corrected chi connectivity index (χ0v) is 9.48. The van der Waals surface area contributed by atoms with Gasteiger partial charge in [0.2, 0.25) is 0 Å². The van der Waals surface area contributed by atoms with E-state index in [1.807, 2.05) is 27.7 Å². The number of nitrogens with one attached hydrogen (secondary N) is 1. The van der Waals surface area contributed by atoms with Crippen LogP contribution in [0.1, 0.15) is 27.7 Å². The molecule has 13 heavy (non-hydrogen) atoms. The first-order valence-corrected chi connectivity index (χ1v) is 4.70. The Kier molecular flexibility index (Phi) is 4.89. The molecule has 0 aromatic carbocycles. The van der Waals surface area contributed by atoms with E-state index in [-0.39, 0.29) is 17.6 Å². The Hall–Kier alpha value is -0.120. The van der Waals surface area contributed by atoms with Gasteiger partial charge in [0.1, 0.15) is 0 Å². The quantitative estimate of drug-likeness (QED) is 0.655. The average molecular weight is 189 g/mol. The number of hydrogen-bond acceptors (Lipinski definition) is 3. The Morgan fingerprint density at radius 3 is 2.08 bits per heavy atom. The summed E-state index contributed by atoms with van der Waals surface area (Å²) in [6.07, 6.45) is 0. The molecule has 0 aliphatic heterocycles. The summed E-state index contributed by atoms with van der Waals surface area (Å²) in [4.78, 5) is 0. The molecule has 0 aromatic heterocycles. The highest BCUT2D eigenvalue weighted by Crippen LogP contribution is 2.12. The van der Waals surface area contributed by atoms with Crippen molar-refractivity contribution < 1.29 is 9.84 Å². The first-order chi connectivity index (χ1) is 5.83. The van der Waals surface area contributed by atoms with Crippen LogP contribution in [0.4, 0.5) is 0 Å². The van der Waals surface area contributed by atoms with E-state index < -0.39 is 0 Å². The lowest BCUT2D eigenvalue weighted by Crippen LogP contribution is -2.41. The topological polar surface area (TPSA) is 41.5 Å².